The predicted molar refractivity (Wildman–Crippen MR) is 221 cm³/mol. The van der Waals surface area contributed by atoms with Gasteiger partial charge < -0.3 is 9.64 Å². The minimum atomic E-state index is -0.0862. The first-order valence-corrected chi connectivity index (χ1v) is 21.0. The Morgan fingerprint density at radius 2 is 1.15 bits per heavy atom. The topological polar surface area (TPSA) is 12.5 Å². The largest absolute Gasteiger partial charge is 0.457 e. The number of hydrogen-bond donors (Lipinski definition) is 0. The SMILES string of the molecule is CC1(C)CCC(C)(C)c2cc(N(c3ccc4c(c3)C(C)(C)c3ccccc3-4)c3cccc4c3C3(c5ccccc5O4)C4CC5CC6CC3C4(C5)C6)ccc21. The third-order valence-corrected chi connectivity index (χ3v) is 16.8. The van der Waals surface area contributed by atoms with Gasteiger partial charge in [0.1, 0.15) is 11.5 Å². The maximum absolute atomic E-state index is 7.08. The highest BCUT2D eigenvalue weighted by Gasteiger charge is 2.79. The van der Waals surface area contributed by atoms with Crippen molar-refractivity contribution in [3.63, 3.8) is 0 Å². The van der Waals surface area contributed by atoms with Crippen LogP contribution in [0.4, 0.5) is 17.1 Å². The number of fused-ring (bicyclic) bond motifs is 12. The second-order valence-electron chi connectivity index (χ2n) is 20.5. The zero-order chi connectivity index (χ0) is 36.6. The molecular weight excluding hydrogens is 655 g/mol. The molecule has 4 atom stereocenters. The van der Waals surface area contributed by atoms with E-state index in [1.54, 1.807) is 0 Å². The van der Waals surface area contributed by atoms with Crippen molar-refractivity contribution in [1.82, 2.24) is 0 Å². The van der Waals surface area contributed by atoms with E-state index in [1.807, 2.05) is 0 Å². The molecule has 2 nitrogen and oxygen atoms in total. The van der Waals surface area contributed by atoms with Crippen LogP contribution in [-0.4, -0.2) is 0 Å². The van der Waals surface area contributed by atoms with Crippen LogP contribution in [0.2, 0.25) is 0 Å². The Hall–Kier alpha value is -4.30. The van der Waals surface area contributed by atoms with Crippen LogP contribution in [0.15, 0.2) is 103 Å². The molecule has 0 amide bonds. The van der Waals surface area contributed by atoms with Crippen LogP contribution >= 0.6 is 0 Å². The summed E-state index contributed by atoms with van der Waals surface area (Å²) in [5, 5.41) is 0. The van der Waals surface area contributed by atoms with Crippen molar-refractivity contribution in [3.8, 4) is 22.6 Å². The van der Waals surface area contributed by atoms with E-state index in [0.29, 0.717) is 17.3 Å². The van der Waals surface area contributed by atoms with Crippen LogP contribution in [-0.2, 0) is 21.7 Å². The molecule has 4 fully saturated rings. The van der Waals surface area contributed by atoms with Gasteiger partial charge in [0.2, 0.25) is 0 Å². The fourth-order valence-corrected chi connectivity index (χ4v) is 14.6. The number of rotatable bonds is 3. The number of ether oxygens (including phenoxy) is 1. The summed E-state index contributed by atoms with van der Waals surface area (Å²) in [5.41, 5.74) is 16.0. The molecule has 7 aliphatic rings. The quantitative estimate of drug-likeness (QED) is 0.185. The molecule has 4 unspecified atom stereocenters. The van der Waals surface area contributed by atoms with Gasteiger partial charge in [-0.25, -0.2) is 0 Å². The lowest BCUT2D eigenvalue weighted by atomic mass is 9.37. The van der Waals surface area contributed by atoms with Crippen molar-refractivity contribution in [1.29, 1.82) is 0 Å². The number of benzene rings is 5. The first kappa shape index (κ1) is 32.0. The van der Waals surface area contributed by atoms with E-state index in [0.717, 1.165) is 23.3 Å². The van der Waals surface area contributed by atoms with E-state index in [4.69, 9.17) is 4.74 Å². The summed E-state index contributed by atoms with van der Waals surface area (Å²) in [6.45, 7) is 14.7. The van der Waals surface area contributed by atoms with Gasteiger partial charge >= 0.3 is 0 Å². The highest BCUT2D eigenvalue weighted by atomic mass is 16.5. The first-order valence-electron chi connectivity index (χ1n) is 21.0. The Kier molecular flexibility index (Phi) is 5.99. The van der Waals surface area contributed by atoms with Gasteiger partial charge in [0, 0.05) is 33.3 Å². The van der Waals surface area contributed by atoms with Crippen LogP contribution in [0.25, 0.3) is 11.1 Å². The van der Waals surface area contributed by atoms with Crippen LogP contribution < -0.4 is 9.64 Å². The van der Waals surface area contributed by atoms with E-state index < -0.39 is 0 Å². The van der Waals surface area contributed by atoms with Gasteiger partial charge in [0.25, 0.3) is 0 Å². The maximum Gasteiger partial charge on any atom is 0.133 e. The summed E-state index contributed by atoms with van der Waals surface area (Å²) in [4.78, 5) is 2.67. The molecular formula is C52H53NO. The fourth-order valence-electron chi connectivity index (χ4n) is 14.6. The van der Waals surface area contributed by atoms with E-state index in [2.05, 4.69) is 150 Å². The summed E-state index contributed by atoms with van der Waals surface area (Å²) in [5.74, 6) is 5.25. The van der Waals surface area contributed by atoms with Crippen molar-refractivity contribution < 1.29 is 4.74 Å². The van der Waals surface area contributed by atoms with Crippen LogP contribution in [0.3, 0.4) is 0 Å². The summed E-state index contributed by atoms with van der Waals surface area (Å²) in [6.07, 6.45) is 9.49. The zero-order valence-corrected chi connectivity index (χ0v) is 32.9. The van der Waals surface area contributed by atoms with Gasteiger partial charge in [-0.15, -0.1) is 0 Å². The number of nitrogens with zero attached hydrogens (tertiary/aromatic N) is 1. The van der Waals surface area contributed by atoms with Crippen molar-refractivity contribution >= 4 is 17.1 Å². The molecule has 54 heavy (non-hydrogen) atoms. The van der Waals surface area contributed by atoms with Gasteiger partial charge in [-0.05, 0) is 161 Å². The molecule has 2 spiro atoms. The van der Waals surface area contributed by atoms with Gasteiger partial charge in [-0.1, -0.05) is 102 Å². The number of para-hydroxylation sites is 1. The lowest BCUT2D eigenvalue weighted by Gasteiger charge is -2.67. The molecule has 0 radical (unpaired) electrons. The van der Waals surface area contributed by atoms with E-state index in [9.17, 15) is 0 Å². The second-order valence-corrected chi connectivity index (χ2v) is 20.5. The summed E-state index contributed by atoms with van der Waals surface area (Å²) in [6, 6.07) is 40.1. The maximum atomic E-state index is 7.08. The summed E-state index contributed by atoms with van der Waals surface area (Å²) in [7, 11) is 0. The Balaban J connectivity index is 1.13. The molecule has 272 valence electrons. The molecule has 1 heterocycles. The third-order valence-electron chi connectivity index (χ3n) is 16.8. The molecule has 6 aliphatic carbocycles. The van der Waals surface area contributed by atoms with Crippen LogP contribution in [0, 0.1) is 29.1 Å². The number of hydrogen-bond acceptors (Lipinski definition) is 2. The van der Waals surface area contributed by atoms with Gasteiger partial charge in [0.15, 0.2) is 0 Å². The minimum Gasteiger partial charge on any atom is -0.457 e. The minimum absolute atomic E-state index is 0.0371. The second kappa shape index (κ2) is 10.1. The molecule has 2 heteroatoms. The van der Waals surface area contributed by atoms with Crippen molar-refractivity contribution in [2.75, 3.05) is 4.90 Å². The summed E-state index contributed by atoms with van der Waals surface area (Å²) >= 11 is 0. The normalized spacial score (nSPS) is 31.4. The molecule has 0 saturated heterocycles. The molecule has 5 aromatic carbocycles. The van der Waals surface area contributed by atoms with E-state index in [-0.39, 0.29) is 21.7 Å². The summed E-state index contributed by atoms with van der Waals surface area (Å²) < 4.78 is 7.08. The first-order chi connectivity index (χ1) is 25.9. The Labute approximate surface area is 322 Å². The lowest BCUT2D eigenvalue weighted by Crippen LogP contribution is -2.64. The van der Waals surface area contributed by atoms with E-state index >= 15 is 0 Å². The predicted octanol–water partition coefficient (Wildman–Crippen LogP) is 13.7. The Bertz CT molecular complexity index is 2420. The fraction of sp³-hybridized carbons (Fsp3) is 0.423. The van der Waals surface area contributed by atoms with E-state index in [1.165, 1.54) is 107 Å². The monoisotopic (exact) mass is 707 g/mol. The van der Waals surface area contributed by atoms with Crippen LogP contribution in [0.5, 0.6) is 11.5 Å². The lowest BCUT2D eigenvalue weighted by molar-refractivity contribution is -0.0878. The van der Waals surface area contributed by atoms with Gasteiger partial charge in [-0.2, -0.15) is 0 Å². The molecule has 5 aromatic rings. The molecule has 12 rings (SSSR count). The molecule has 0 aromatic heterocycles. The molecule has 0 N–H and O–H groups in total. The van der Waals surface area contributed by atoms with Crippen molar-refractivity contribution in [2.45, 2.75) is 108 Å². The Morgan fingerprint density at radius 3 is 1.91 bits per heavy atom. The zero-order valence-electron chi connectivity index (χ0n) is 32.9. The molecule has 1 aliphatic heterocycles. The van der Waals surface area contributed by atoms with Gasteiger partial charge in [-0.3, -0.25) is 0 Å². The third kappa shape index (κ3) is 3.74. The average molecular weight is 708 g/mol. The highest BCUT2D eigenvalue weighted by Crippen LogP contribution is 2.85. The van der Waals surface area contributed by atoms with Crippen molar-refractivity contribution in [2.24, 2.45) is 29.1 Å². The Morgan fingerprint density at radius 1 is 0.537 bits per heavy atom. The van der Waals surface area contributed by atoms with Crippen LogP contribution in [0.1, 0.15) is 120 Å². The highest BCUT2D eigenvalue weighted by molar-refractivity contribution is 5.88. The van der Waals surface area contributed by atoms with Crippen molar-refractivity contribution in [3.05, 3.63) is 137 Å². The molecule has 3 bridgehead atoms. The standard InChI is InChI=1S/C52H53NO/c1-48(2)22-23-49(3,4)41-28-34(19-21-38(41)48)53(33-18-20-36-35-12-7-8-13-37(35)50(5,6)40(36)27-33)42-15-11-17-44-47(42)52(39-14-9-10-16-43(39)54-44)45-25-31-24-32-26-46(52)51(45,29-31)30-32/h7-21,27-28,31-32,45-46H,22-26,29-30H2,1-6H3. The molecule has 4 saturated carbocycles. The van der Waals surface area contributed by atoms with Gasteiger partial charge in [0.05, 0.1) is 5.69 Å². The number of anilines is 3. The average Bonchev–Trinajstić information content (AvgIpc) is 3.66. The smallest absolute Gasteiger partial charge is 0.133 e.